The van der Waals surface area contributed by atoms with Crippen molar-refractivity contribution in [2.45, 2.75) is 6.42 Å². The Morgan fingerprint density at radius 3 is 2.06 bits per heavy atom. The number of aliphatic carboxylic acids is 3. The van der Waals surface area contributed by atoms with E-state index in [9.17, 15) is 14.4 Å². The number of nitrogens with zero attached hydrogens (tertiary/aromatic N) is 1. The molecule has 0 aromatic heterocycles. The van der Waals surface area contributed by atoms with Crippen LogP contribution in [0, 0.1) is 0 Å². The fourth-order valence-corrected chi connectivity index (χ4v) is 1.15. The highest BCUT2D eigenvalue weighted by Gasteiger charge is 2.11. The summed E-state index contributed by atoms with van der Waals surface area (Å²) in [6.07, 6.45) is -0.147. The molecule has 0 atom stereocenters. The number of hydrogen-bond donors (Lipinski definition) is 4. The Balaban J connectivity index is 3.88. The molecule has 0 rings (SSSR count). The summed E-state index contributed by atoms with van der Waals surface area (Å²) in [5.74, 6) is -3.05. The van der Waals surface area contributed by atoms with Gasteiger partial charge >= 0.3 is 17.9 Å². The van der Waals surface area contributed by atoms with Gasteiger partial charge in [-0.25, -0.2) is 0 Å². The maximum absolute atomic E-state index is 10.5. The molecule has 0 unspecified atom stereocenters. The van der Waals surface area contributed by atoms with Crippen molar-refractivity contribution >= 4 is 17.9 Å². The number of rotatable bonds is 10. The zero-order valence-corrected chi connectivity index (χ0v) is 9.26. The van der Waals surface area contributed by atoms with Gasteiger partial charge in [0.1, 0.15) is 0 Å². The van der Waals surface area contributed by atoms with Crippen LogP contribution in [0.4, 0.5) is 0 Å². The molecule has 0 aliphatic heterocycles. The third kappa shape index (κ3) is 10.6. The molecule has 0 bridgehead atoms. The fourth-order valence-electron chi connectivity index (χ4n) is 1.15. The Morgan fingerprint density at radius 2 is 1.59 bits per heavy atom. The lowest BCUT2D eigenvalue weighted by atomic mass is 10.3. The van der Waals surface area contributed by atoms with E-state index >= 15 is 0 Å². The summed E-state index contributed by atoms with van der Waals surface area (Å²) in [4.78, 5) is 32.5. The summed E-state index contributed by atoms with van der Waals surface area (Å²) in [7, 11) is 0. The summed E-state index contributed by atoms with van der Waals surface area (Å²) in [6, 6.07) is 0. The summed E-state index contributed by atoms with van der Waals surface area (Å²) in [5, 5.41) is 28.0. The Morgan fingerprint density at radius 1 is 0.941 bits per heavy atom. The van der Waals surface area contributed by atoms with Gasteiger partial charge in [0.25, 0.3) is 0 Å². The molecule has 0 saturated carbocycles. The van der Waals surface area contributed by atoms with E-state index in [2.05, 4.69) is 5.32 Å². The highest BCUT2D eigenvalue weighted by atomic mass is 16.4. The first-order valence-electron chi connectivity index (χ1n) is 5.00. The van der Waals surface area contributed by atoms with Crippen LogP contribution in [0.1, 0.15) is 6.42 Å². The second kappa shape index (κ2) is 8.48. The predicted octanol–water partition coefficient (Wildman–Crippen LogP) is -1.48. The zero-order valence-electron chi connectivity index (χ0n) is 9.26. The molecule has 0 saturated heterocycles. The molecule has 0 spiro atoms. The largest absolute Gasteiger partial charge is 0.481 e. The average molecular weight is 248 g/mol. The van der Waals surface area contributed by atoms with Gasteiger partial charge < -0.3 is 20.6 Å². The van der Waals surface area contributed by atoms with E-state index in [-0.39, 0.29) is 32.6 Å². The molecule has 0 fully saturated rings. The van der Waals surface area contributed by atoms with Crippen LogP contribution in [0.3, 0.4) is 0 Å². The highest BCUT2D eigenvalue weighted by molar-refractivity contribution is 5.70. The van der Waals surface area contributed by atoms with Gasteiger partial charge in [0, 0.05) is 19.6 Å². The lowest BCUT2D eigenvalue weighted by Crippen LogP contribution is -2.38. The molecule has 8 heteroatoms. The monoisotopic (exact) mass is 248 g/mol. The maximum atomic E-state index is 10.5. The maximum Gasteiger partial charge on any atom is 0.317 e. The van der Waals surface area contributed by atoms with Crippen molar-refractivity contribution in [1.82, 2.24) is 10.2 Å². The molecule has 8 nitrogen and oxygen atoms in total. The van der Waals surface area contributed by atoms with E-state index in [4.69, 9.17) is 15.3 Å². The predicted molar refractivity (Wildman–Crippen MR) is 56.8 cm³/mol. The highest BCUT2D eigenvalue weighted by Crippen LogP contribution is 1.91. The molecule has 4 N–H and O–H groups in total. The van der Waals surface area contributed by atoms with Crippen molar-refractivity contribution in [3.63, 3.8) is 0 Å². The lowest BCUT2D eigenvalue weighted by molar-refractivity contribution is -0.141. The second-order valence-corrected chi connectivity index (χ2v) is 3.38. The van der Waals surface area contributed by atoms with Crippen LogP contribution in [0.2, 0.25) is 0 Å². The number of carboxylic acids is 3. The number of carbonyl (C=O) groups is 3. The van der Waals surface area contributed by atoms with Gasteiger partial charge in [0.05, 0.1) is 19.5 Å². The molecule has 0 heterocycles. The molecular weight excluding hydrogens is 232 g/mol. The fraction of sp³-hybridized carbons (Fsp3) is 0.667. The molecule has 17 heavy (non-hydrogen) atoms. The third-order valence-corrected chi connectivity index (χ3v) is 1.88. The van der Waals surface area contributed by atoms with Crippen LogP contribution < -0.4 is 5.32 Å². The minimum Gasteiger partial charge on any atom is -0.481 e. The number of carboxylic acid groups (broad SMARTS) is 3. The normalized spacial score (nSPS) is 10.4. The summed E-state index contributed by atoms with van der Waals surface area (Å²) in [5.41, 5.74) is 0. The molecule has 98 valence electrons. The Labute approximate surface area is 97.8 Å². The molecule has 0 aromatic rings. The van der Waals surface area contributed by atoms with Gasteiger partial charge in [-0.15, -0.1) is 0 Å². The van der Waals surface area contributed by atoms with Crippen molar-refractivity contribution in [3.05, 3.63) is 0 Å². The van der Waals surface area contributed by atoms with Crippen molar-refractivity contribution in [2.24, 2.45) is 0 Å². The van der Waals surface area contributed by atoms with E-state index in [1.165, 1.54) is 4.90 Å². The van der Waals surface area contributed by atoms with E-state index < -0.39 is 17.9 Å². The minimum absolute atomic E-state index is 0.121. The van der Waals surface area contributed by atoms with Gasteiger partial charge in [-0.05, 0) is 0 Å². The van der Waals surface area contributed by atoms with Crippen LogP contribution in [-0.4, -0.2) is 70.9 Å². The topological polar surface area (TPSA) is 127 Å². The van der Waals surface area contributed by atoms with Crippen LogP contribution in [-0.2, 0) is 14.4 Å². The SMILES string of the molecule is O=C(O)CCN(CCNCC(=O)O)CC(=O)O. The van der Waals surface area contributed by atoms with Gasteiger partial charge in [-0.3, -0.25) is 19.3 Å². The number of hydrogen-bond acceptors (Lipinski definition) is 5. The lowest BCUT2D eigenvalue weighted by Gasteiger charge is -2.19. The van der Waals surface area contributed by atoms with Crippen LogP contribution in [0.15, 0.2) is 0 Å². The van der Waals surface area contributed by atoms with Gasteiger partial charge in [0.2, 0.25) is 0 Å². The standard InChI is InChI=1S/C9H16N2O6/c12-7(13)1-3-11(6-9(16)17)4-2-10-5-8(14)15/h10H,1-6H2,(H,12,13)(H,14,15)(H,16,17). The first-order chi connectivity index (χ1) is 7.91. The molecule has 0 aromatic carbocycles. The smallest absolute Gasteiger partial charge is 0.317 e. The van der Waals surface area contributed by atoms with E-state index in [1.54, 1.807) is 0 Å². The first-order valence-corrected chi connectivity index (χ1v) is 5.00. The molecule has 0 aliphatic rings. The molecule has 0 aliphatic carbocycles. The average Bonchev–Trinajstić information content (AvgIpc) is 2.19. The van der Waals surface area contributed by atoms with E-state index in [0.717, 1.165) is 0 Å². The zero-order chi connectivity index (χ0) is 13.3. The van der Waals surface area contributed by atoms with Crippen LogP contribution in [0.25, 0.3) is 0 Å². The van der Waals surface area contributed by atoms with Gasteiger partial charge in [-0.1, -0.05) is 0 Å². The van der Waals surface area contributed by atoms with Crippen molar-refractivity contribution < 1.29 is 29.7 Å². The Bertz CT molecular complexity index is 281. The molecule has 0 amide bonds. The van der Waals surface area contributed by atoms with Crippen molar-refractivity contribution in [1.29, 1.82) is 0 Å². The minimum atomic E-state index is -1.05. The second-order valence-electron chi connectivity index (χ2n) is 3.38. The summed E-state index contributed by atoms with van der Waals surface area (Å²) in [6.45, 7) is 0.227. The summed E-state index contributed by atoms with van der Waals surface area (Å²) >= 11 is 0. The van der Waals surface area contributed by atoms with Gasteiger partial charge in [-0.2, -0.15) is 0 Å². The van der Waals surface area contributed by atoms with E-state index in [0.29, 0.717) is 6.54 Å². The quantitative estimate of drug-likeness (QED) is 0.345. The Hall–Kier alpha value is -1.67. The van der Waals surface area contributed by atoms with Crippen molar-refractivity contribution in [2.75, 3.05) is 32.7 Å². The van der Waals surface area contributed by atoms with Crippen molar-refractivity contribution in [3.8, 4) is 0 Å². The van der Waals surface area contributed by atoms with Crippen LogP contribution in [0.5, 0.6) is 0 Å². The molecular formula is C9H16N2O6. The Kier molecular flexibility index (Phi) is 7.65. The summed E-state index contributed by atoms with van der Waals surface area (Å²) < 4.78 is 0. The first kappa shape index (κ1) is 15.3. The van der Waals surface area contributed by atoms with E-state index in [1.807, 2.05) is 0 Å². The number of nitrogens with one attached hydrogen (secondary N) is 1. The van der Waals surface area contributed by atoms with Crippen LogP contribution >= 0.6 is 0 Å². The third-order valence-electron chi connectivity index (χ3n) is 1.88. The molecule has 0 radical (unpaired) electrons. The van der Waals surface area contributed by atoms with Gasteiger partial charge in [0.15, 0.2) is 0 Å².